The van der Waals surface area contributed by atoms with E-state index in [1.54, 1.807) is 4.90 Å². The fourth-order valence-electron chi connectivity index (χ4n) is 3.38. The number of hydrogen-bond acceptors (Lipinski definition) is 3. The van der Waals surface area contributed by atoms with E-state index in [0.717, 1.165) is 12.8 Å². The molecule has 1 saturated heterocycles. The Labute approximate surface area is 125 Å². The van der Waals surface area contributed by atoms with Crippen LogP contribution in [0.4, 0.5) is 4.79 Å². The average Bonchev–Trinajstić information content (AvgIpc) is 2.41. The van der Waals surface area contributed by atoms with Gasteiger partial charge in [-0.3, -0.25) is 0 Å². The maximum atomic E-state index is 12.5. The number of ether oxygens (including phenoxy) is 1. The normalized spacial score (nSPS) is 37.1. The summed E-state index contributed by atoms with van der Waals surface area (Å²) in [5, 5.41) is 12.4. The molecular formula is C15H26N2O4. The molecule has 4 atom stereocenters. The zero-order valence-corrected chi connectivity index (χ0v) is 13.1. The zero-order chi connectivity index (χ0) is 15.6. The standard InChI is InChI=1S/C15H26N2O4/c1-10-5-4-6-15(7-10,13(18)19)16-14(20)17-8-12(3)21-9-11(17)2/h10-12H,4-9H2,1-3H3,(H,16,20)(H,18,19). The lowest BCUT2D eigenvalue weighted by atomic mass is 9.76. The quantitative estimate of drug-likeness (QED) is 0.815. The Morgan fingerprint density at radius 2 is 2.05 bits per heavy atom. The lowest BCUT2D eigenvalue weighted by Gasteiger charge is -2.41. The molecule has 21 heavy (non-hydrogen) atoms. The van der Waals surface area contributed by atoms with Crippen molar-refractivity contribution in [3.8, 4) is 0 Å². The Balaban J connectivity index is 2.09. The van der Waals surface area contributed by atoms with Crippen molar-refractivity contribution < 1.29 is 19.4 Å². The van der Waals surface area contributed by atoms with Crippen molar-refractivity contribution in [2.24, 2.45) is 5.92 Å². The molecule has 0 aromatic carbocycles. The van der Waals surface area contributed by atoms with Gasteiger partial charge >= 0.3 is 12.0 Å². The van der Waals surface area contributed by atoms with Gasteiger partial charge in [-0.2, -0.15) is 0 Å². The van der Waals surface area contributed by atoms with Gasteiger partial charge in [0.2, 0.25) is 0 Å². The van der Waals surface area contributed by atoms with Crippen LogP contribution in [0, 0.1) is 5.92 Å². The minimum absolute atomic E-state index is 0.0157. The second-order valence-corrected chi connectivity index (χ2v) is 6.66. The summed E-state index contributed by atoms with van der Waals surface area (Å²) < 4.78 is 5.51. The number of urea groups is 1. The van der Waals surface area contributed by atoms with Gasteiger partial charge in [0.05, 0.1) is 18.8 Å². The molecule has 1 heterocycles. The number of carbonyl (C=O) groups excluding carboxylic acids is 1. The van der Waals surface area contributed by atoms with Gasteiger partial charge in [-0.1, -0.05) is 19.8 Å². The summed E-state index contributed by atoms with van der Waals surface area (Å²) in [6.07, 6.45) is 2.85. The third kappa shape index (κ3) is 3.48. The minimum Gasteiger partial charge on any atom is -0.480 e. The number of morpholine rings is 1. The fourth-order valence-corrected chi connectivity index (χ4v) is 3.38. The SMILES string of the molecule is CC1CCCC(NC(=O)N2CC(C)OCC2C)(C(=O)O)C1. The molecule has 120 valence electrons. The Morgan fingerprint density at radius 1 is 1.33 bits per heavy atom. The molecule has 4 unspecified atom stereocenters. The van der Waals surface area contributed by atoms with Gasteiger partial charge < -0.3 is 20.1 Å². The van der Waals surface area contributed by atoms with Crippen LogP contribution in [-0.4, -0.2) is 52.8 Å². The van der Waals surface area contributed by atoms with Crippen molar-refractivity contribution in [3.05, 3.63) is 0 Å². The summed E-state index contributed by atoms with van der Waals surface area (Å²) in [5.74, 6) is -0.604. The first kappa shape index (κ1) is 16.1. The molecule has 2 rings (SSSR count). The maximum Gasteiger partial charge on any atom is 0.329 e. The molecule has 0 radical (unpaired) electrons. The first-order chi connectivity index (χ1) is 9.84. The highest BCUT2D eigenvalue weighted by Crippen LogP contribution is 2.33. The molecule has 1 aliphatic heterocycles. The fraction of sp³-hybridized carbons (Fsp3) is 0.867. The van der Waals surface area contributed by atoms with E-state index in [2.05, 4.69) is 5.32 Å². The number of nitrogens with one attached hydrogen (secondary N) is 1. The molecule has 6 heteroatoms. The highest BCUT2D eigenvalue weighted by Gasteiger charge is 2.44. The van der Waals surface area contributed by atoms with Crippen LogP contribution in [0.15, 0.2) is 0 Å². The van der Waals surface area contributed by atoms with Gasteiger partial charge in [0.15, 0.2) is 0 Å². The minimum atomic E-state index is -1.12. The van der Waals surface area contributed by atoms with Crippen molar-refractivity contribution in [3.63, 3.8) is 0 Å². The van der Waals surface area contributed by atoms with Gasteiger partial charge in [-0.15, -0.1) is 0 Å². The average molecular weight is 298 g/mol. The molecule has 0 bridgehead atoms. The number of amides is 2. The molecule has 2 fully saturated rings. The number of carboxylic acid groups (broad SMARTS) is 1. The molecule has 1 saturated carbocycles. The van der Waals surface area contributed by atoms with Crippen LogP contribution in [-0.2, 0) is 9.53 Å². The molecule has 2 N–H and O–H groups in total. The largest absolute Gasteiger partial charge is 0.480 e. The number of rotatable bonds is 2. The van der Waals surface area contributed by atoms with Gasteiger partial charge in [0, 0.05) is 6.54 Å². The lowest BCUT2D eigenvalue weighted by Crippen LogP contribution is -2.62. The number of hydrogen-bond donors (Lipinski definition) is 2. The third-order valence-electron chi connectivity index (χ3n) is 4.62. The smallest absolute Gasteiger partial charge is 0.329 e. The van der Waals surface area contributed by atoms with Crippen LogP contribution in [0.25, 0.3) is 0 Å². The summed E-state index contributed by atoms with van der Waals surface area (Å²) in [6, 6.07) is -0.317. The predicted molar refractivity (Wildman–Crippen MR) is 78.1 cm³/mol. The van der Waals surface area contributed by atoms with E-state index >= 15 is 0 Å². The Kier molecular flexibility index (Phi) is 4.76. The topological polar surface area (TPSA) is 78.9 Å². The van der Waals surface area contributed by atoms with E-state index in [1.807, 2.05) is 20.8 Å². The second kappa shape index (κ2) is 6.22. The number of nitrogens with zero attached hydrogens (tertiary/aromatic N) is 1. The first-order valence-corrected chi connectivity index (χ1v) is 7.78. The predicted octanol–water partition coefficient (Wildman–Crippen LogP) is 1.84. The molecule has 2 amide bonds. The van der Waals surface area contributed by atoms with Crippen LogP contribution in [0.1, 0.15) is 46.5 Å². The van der Waals surface area contributed by atoms with E-state index < -0.39 is 11.5 Å². The van der Waals surface area contributed by atoms with Crippen molar-refractivity contribution in [1.29, 1.82) is 0 Å². The van der Waals surface area contributed by atoms with Crippen molar-refractivity contribution in [1.82, 2.24) is 10.2 Å². The van der Waals surface area contributed by atoms with Crippen molar-refractivity contribution in [2.45, 2.75) is 64.1 Å². The van der Waals surface area contributed by atoms with E-state index in [1.165, 1.54) is 0 Å². The Bertz CT molecular complexity index is 414. The second-order valence-electron chi connectivity index (χ2n) is 6.66. The van der Waals surface area contributed by atoms with Crippen LogP contribution in [0.3, 0.4) is 0 Å². The van der Waals surface area contributed by atoms with Gasteiger partial charge in [-0.05, 0) is 32.6 Å². The summed E-state index contributed by atoms with van der Waals surface area (Å²) in [4.78, 5) is 26.0. The zero-order valence-electron chi connectivity index (χ0n) is 13.1. The molecule has 6 nitrogen and oxygen atoms in total. The molecule has 1 aliphatic carbocycles. The van der Waals surface area contributed by atoms with Gasteiger partial charge in [0.25, 0.3) is 0 Å². The van der Waals surface area contributed by atoms with Crippen LogP contribution in [0.2, 0.25) is 0 Å². The maximum absolute atomic E-state index is 12.5. The summed E-state index contributed by atoms with van der Waals surface area (Å²) in [5.41, 5.74) is -1.12. The van der Waals surface area contributed by atoms with Crippen molar-refractivity contribution in [2.75, 3.05) is 13.2 Å². The number of carboxylic acids is 1. The molecule has 0 aromatic heterocycles. The number of carbonyl (C=O) groups is 2. The lowest BCUT2D eigenvalue weighted by molar-refractivity contribution is -0.146. The summed E-state index contributed by atoms with van der Waals surface area (Å²) >= 11 is 0. The van der Waals surface area contributed by atoms with Gasteiger partial charge in [-0.25, -0.2) is 9.59 Å². The molecular weight excluding hydrogens is 272 g/mol. The first-order valence-electron chi connectivity index (χ1n) is 7.78. The van der Waals surface area contributed by atoms with E-state index in [4.69, 9.17) is 4.74 Å². The summed E-state index contributed by atoms with van der Waals surface area (Å²) in [6.45, 7) is 6.87. The Hall–Kier alpha value is -1.30. The highest BCUT2D eigenvalue weighted by atomic mass is 16.5. The molecule has 0 aromatic rings. The monoisotopic (exact) mass is 298 g/mol. The highest BCUT2D eigenvalue weighted by molar-refractivity contribution is 5.86. The Morgan fingerprint density at radius 3 is 2.67 bits per heavy atom. The van der Waals surface area contributed by atoms with Crippen LogP contribution < -0.4 is 5.32 Å². The van der Waals surface area contributed by atoms with E-state index in [0.29, 0.717) is 31.9 Å². The molecule has 0 spiro atoms. The molecule has 2 aliphatic rings. The van der Waals surface area contributed by atoms with Crippen LogP contribution >= 0.6 is 0 Å². The van der Waals surface area contributed by atoms with Crippen LogP contribution in [0.5, 0.6) is 0 Å². The van der Waals surface area contributed by atoms with Gasteiger partial charge in [0.1, 0.15) is 5.54 Å². The number of aliphatic carboxylic acids is 1. The summed E-state index contributed by atoms with van der Waals surface area (Å²) in [7, 11) is 0. The van der Waals surface area contributed by atoms with E-state index in [-0.39, 0.29) is 18.2 Å². The van der Waals surface area contributed by atoms with E-state index in [9.17, 15) is 14.7 Å². The van der Waals surface area contributed by atoms with Crippen molar-refractivity contribution >= 4 is 12.0 Å². The third-order valence-corrected chi connectivity index (χ3v) is 4.62.